The summed E-state index contributed by atoms with van der Waals surface area (Å²) >= 11 is 6.02. The highest BCUT2D eigenvalue weighted by molar-refractivity contribution is 6.30. The molecule has 6 nitrogen and oxygen atoms in total. The minimum atomic E-state index is -1.01. The van der Waals surface area contributed by atoms with Crippen LogP contribution in [0.15, 0.2) is 55.0 Å². The van der Waals surface area contributed by atoms with Crippen molar-refractivity contribution >= 4 is 39.9 Å². The van der Waals surface area contributed by atoms with Crippen LogP contribution >= 0.6 is 11.6 Å². The summed E-state index contributed by atoms with van der Waals surface area (Å²) in [5.74, 6) is -0.412. The summed E-state index contributed by atoms with van der Waals surface area (Å²) in [4.78, 5) is 20.1. The number of benzene rings is 1. The quantitative estimate of drug-likeness (QED) is 0.583. The van der Waals surface area contributed by atoms with E-state index in [1.54, 1.807) is 23.0 Å². The van der Waals surface area contributed by atoms with E-state index in [0.29, 0.717) is 23.0 Å². The molecule has 0 saturated carbocycles. The van der Waals surface area contributed by atoms with Gasteiger partial charge in [0.2, 0.25) is 0 Å². The van der Waals surface area contributed by atoms with Crippen LogP contribution in [0, 0.1) is 0 Å². The van der Waals surface area contributed by atoms with E-state index < -0.39 is 5.97 Å². The van der Waals surface area contributed by atoms with Gasteiger partial charge in [-0.3, -0.25) is 9.38 Å². The van der Waals surface area contributed by atoms with Crippen molar-refractivity contribution in [1.82, 2.24) is 14.4 Å². The topological polar surface area (TPSA) is 79.5 Å². The molecule has 0 aliphatic rings. The van der Waals surface area contributed by atoms with Crippen LogP contribution in [-0.2, 0) is 6.54 Å². The molecule has 7 heteroatoms. The monoisotopic (exact) mass is 352 g/mol. The molecule has 4 rings (SSSR count). The maximum Gasteiger partial charge on any atom is 0.339 e. The lowest BCUT2D eigenvalue weighted by atomic mass is 10.2. The number of fused-ring (bicyclic) bond motifs is 3. The zero-order chi connectivity index (χ0) is 17.4. The van der Waals surface area contributed by atoms with Crippen molar-refractivity contribution in [2.45, 2.75) is 6.54 Å². The zero-order valence-corrected chi connectivity index (χ0v) is 13.7. The van der Waals surface area contributed by atoms with Gasteiger partial charge in [-0.05, 0) is 29.8 Å². The highest BCUT2D eigenvalue weighted by atomic mass is 35.5. The first-order valence-corrected chi connectivity index (χ1v) is 7.97. The van der Waals surface area contributed by atoms with Crippen LogP contribution in [0.1, 0.15) is 15.9 Å². The van der Waals surface area contributed by atoms with Crippen molar-refractivity contribution in [3.63, 3.8) is 0 Å². The van der Waals surface area contributed by atoms with Crippen LogP contribution in [-0.4, -0.2) is 25.4 Å². The Hall–Kier alpha value is -3.12. The number of nitrogens with zero attached hydrogens (tertiary/aromatic N) is 3. The lowest BCUT2D eigenvalue weighted by Gasteiger charge is -2.11. The molecule has 2 N–H and O–H groups in total. The average molecular weight is 353 g/mol. The van der Waals surface area contributed by atoms with E-state index in [4.69, 9.17) is 11.6 Å². The third kappa shape index (κ3) is 2.77. The van der Waals surface area contributed by atoms with E-state index in [-0.39, 0.29) is 5.56 Å². The smallest absolute Gasteiger partial charge is 0.339 e. The van der Waals surface area contributed by atoms with E-state index in [0.717, 1.165) is 16.5 Å². The Balaban J connectivity index is 1.83. The van der Waals surface area contributed by atoms with E-state index in [1.165, 1.54) is 6.07 Å². The number of hydrogen-bond acceptors (Lipinski definition) is 4. The van der Waals surface area contributed by atoms with Gasteiger partial charge in [-0.2, -0.15) is 0 Å². The molecule has 25 heavy (non-hydrogen) atoms. The normalized spacial score (nSPS) is 11.1. The molecule has 0 unspecified atom stereocenters. The largest absolute Gasteiger partial charge is 0.478 e. The summed E-state index contributed by atoms with van der Waals surface area (Å²) in [6.45, 7) is 0.518. The molecule has 0 saturated heterocycles. The first kappa shape index (κ1) is 15.4. The Morgan fingerprint density at radius 1 is 1.28 bits per heavy atom. The van der Waals surface area contributed by atoms with Crippen LogP contribution in [0.4, 0.5) is 5.82 Å². The van der Waals surface area contributed by atoms with E-state index >= 15 is 0 Å². The van der Waals surface area contributed by atoms with Gasteiger partial charge in [0.25, 0.3) is 0 Å². The first-order valence-electron chi connectivity index (χ1n) is 7.60. The van der Waals surface area contributed by atoms with Gasteiger partial charge < -0.3 is 10.4 Å². The Bertz CT molecular complexity index is 1110. The molecule has 0 fully saturated rings. The maximum absolute atomic E-state index is 11.4. The van der Waals surface area contributed by atoms with Crippen molar-refractivity contribution in [2.75, 3.05) is 5.32 Å². The Kier molecular flexibility index (Phi) is 3.74. The van der Waals surface area contributed by atoms with E-state index in [1.807, 2.05) is 30.3 Å². The third-order valence-electron chi connectivity index (χ3n) is 3.97. The third-order valence-corrected chi connectivity index (χ3v) is 4.21. The lowest BCUT2D eigenvalue weighted by molar-refractivity contribution is 0.0699. The minimum Gasteiger partial charge on any atom is -0.478 e. The van der Waals surface area contributed by atoms with Crippen molar-refractivity contribution in [3.8, 4) is 0 Å². The number of halogens is 1. The van der Waals surface area contributed by atoms with Gasteiger partial charge >= 0.3 is 5.97 Å². The summed E-state index contributed by atoms with van der Waals surface area (Å²) < 4.78 is 1.73. The number of pyridine rings is 1. The van der Waals surface area contributed by atoms with Crippen LogP contribution in [0.25, 0.3) is 16.6 Å². The zero-order valence-electron chi connectivity index (χ0n) is 13.0. The predicted octanol–water partition coefficient (Wildman–Crippen LogP) is 3.85. The Morgan fingerprint density at radius 3 is 2.96 bits per heavy atom. The van der Waals surface area contributed by atoms with Crippen molar-refractivity contribution in [1.29, 1.82) is 0 Å². The highest BCUT2D eigenvalue weighted by Crippen LogP contribution is 2.25. The number of rotatable bonds is 4. The fourth-order valence-electron chi connectivity index (χ4n) is 2.81. The number of hydrogen-bond donors (Lipinski definition) is 2. The van der Waals surface area contributed by atoms with Gasteiger partial charge in [0.05, 0.1) is 11.7 Å². The molecule has 0 radical (unpaired) electrons. The second-order valence-electron chi connectivity index (χ2n) is 5.56. The summed E-state index contributed by atoms with van der Waals surface area (Å²) in [6, 6.07) is 10.9. The molecule has 124 valence electrons. The number of carbonyl (C=O) groups is 1. The van der Waals surface area contributed by atoms with Gasteiger partial charge in [0.15, 0.2) is 5.65 Å². The number of aromatic carboxylic acids is 1. The molecule has 0 aliphatic carbocycles. The molecular formula is C18H13ClN4O2. The number of aromatic nitrogens is 3. The van der Waals surface area contributed by atoms with Crippen LogP contribution in [0.3, 0.4) is 0 Å². The molecule has 3 aromatic heterocycles. The average Bonchev–Trinajstić information content (AvgIpc) is 3.04. The number of carboxylic acid groups (broad SMARTS) is 1. The number of nitrogens with one attached hydrogen (secondary N) is 1. The van der Waals surface area contributed by atoms with Crippen LogP contribution in [0.5, 0.6) is 0 Å². The number of carboxylic acids is 1. The molecule has 0 aliphatic heterocycles. The minimum absolute atomic E-state index is 0.150. The molecule has 0 bridgehead atoms. The van der Waals surface area contributed by atoms with E-state index in [2.05, 4.69) is 15.3 Å². The molecule has 0 amide bonds. The molecular weight excluding hydrogens is 340 g/mol. The summed E-state index contributed by atoms with van der Waals surface area (Å²) in [7, 11) is 0. The van der Waals surface area contributed by atoms with Gasteiger partial charge in [-0.15, -0.1) is 0 Å². The summed E-state index contributed by atoms with van der Waals surface area (Å²) in [6.07, 6.45) is 5.07. The fraction of sp³-hybridized carbons (Fsp3) is 0.0556. The van der Waals surface area contributed by atoms with Gasteiger partial charge in [0.1, 0.15) is 11.4 Å². The van der Waals surface area contributed by atoms with Gasteiger partial charge in [0, 0.05) is 29.3 Å². The predicted molar refractivity (Wildman–Crippen MR) is 96.2 cm³/mol. The number of anilines is 1. The van der Waals surface area contributed by atoms with Crippen LogP contribution < -0.4 is 5.32 Å². The van der Waals surface area contributed by atoms with Crippen molar-refractivity contribution < 1.29 is 9.90 Å². The van der Waals surface area contributed by atoms with Crippen molar-refractivity contribution in [3.05, 3.63) is 71.1 Å². The molecule has 4 aromatic rings. The second kappa shape index (κ2) is 6.07. The Labute approximate surface area is 147 Å². The van der Waals surface area contributed by atoms with Crippen molar-refractivity contribution in [2.24, 2.45) is 0 Å². The maximum atomic E-state index is 11.4. The fourth-order valence-corrected chi connectivity index (χ4v) is 3.02. The summed E-state index contributed by atoms with van der Waals surface area (Å²) in [5.41, 5.74) is 2.32. The molecule has 1 aromatic carbocycles. The standard InChI is InChI=1S/C18H13ClN4O2/c19-12-3-1-2-11(8-12)9-21-16-13-4-6-20-10-15(13)23-7-5-14(18(24)25)17(23)22-16/h1-8,10H,9H2,(H,21,22)(H,24,25). The molecule has 0 spiro atoms. The van der Waals surface area contributed by atoms with Crippen LogP contribution in [0.2, 0.25) is 5.02 Å². The van der Waals surface area contributed by atoms with E-state index in [9.17, 15) is 9.90 Å². The Morgan fingerprint density at radius 2 is 2.16 bits per heavy atom. The van der Waals surface area contributed by atoms with Gasteiger partial charge in [-0.1, -0.05) is 23.7 Å². The highest BCUT2D eigenvalue weighted by Gasteiger charge is 2.15. The molecule has 0 atom stereocenters. The lowest BCUT2D eigenvalue weighted by Crippen LogP contribution is -2.06. The summed E-state index contributed by atoms with van der Waals surface area (Å²) in [5, 5.41) is 14.2. The molecule has 3 heterocycles. The van der Waals surface area contributed by atoms with Gasteiger partial charge in [-0.25, -0.2) is 9.78 Å². The SMILES string of the molecule is O=C(O)c1ccn2c1nc(NCc1cccc(Cl)c1)c1ccncc12. The second-order valence-corrected chi connectivity index (χ2v) is 6.00. The first-order chi connectivity index (χ1) is 12.1.